The molecule has 0 radical (unpaired) electrons. The Hall–Kier alpha value is -1.99. The third-order valence-corrected chi connectivity index (χ3v) is 3.71. The molecule has 0 unspecified atom stereocenters. The molecule has 7 nitrogen and oxygen atoms in total. The average molecular weight is 292 g/mol. The molecule has 1 saturated heterocycles. The first kappa shape index (κ1) is 15.4. The fraction of sp³-hybridized carbons (Fsp3) is 0.500. The van der Waals surface area contributed by atoms with Gasteiger partial charge >= 0.3 is 0 Å². The van der Waals surface area contributed by atoms with Gasteiger partial charge in [-0.05, 0) is 25.3 Å². The van der Waals surface area contributed by atoms with Crippen LogP contribution in [0.1, 0.15) is 18.4 Å². The van der Waals surface area contributed by atoms with Gasteiger partial charge < -0.3 is 11.1 Å². The van der Waals surface area contributed by atoms with E-state index < -0.39 is 4.92 Å². The summed E-state index contributed by atoms with van der Waals surface area (Å²) >= 11 is 0. The zero-order chi connectivity index (χ0) is 15.4. The smallest absolute Gasteiger partial charge is 0.271 e. The number of benzene rings is 1. The van der Waals surface area contributed by atoms with Gasteiger partial charge in [0.25, 0.3) is 5.69 Å². The molecule has 1 aliphatic rings. The molecule has 1 aromatic rings. The number of carbonyl (C=O) groups is 1. The standard InChI is InChI=1S/C14H20N4O3/c1-10-2-3-12(18(20)21)8-13(10)16-14(19)9-17-6-4-11(15)5-7-17/h2-3,8,11H,4-7,9,15H2,1H3,(H,16,19). The number of nitrogens with two attached hydrogens (primary N) is 1. The number of hydrogen-bond acceptors (Lipinski definition) is 5. The van der Waals surface area contributed by atoms with Crippen LogP contribution in [-0.4, -0.2) is 41.4 Å². The van der Waals surface area contributed by atoms with Crippen LogP contribution >= 0.6 is 0 Å². The van der Waals surface area contributed by atoms with Crippen molar-refractivity contribution in [3.8, 4) is 0 Å². The number of carbonyl (C=O) groups excluding carboxylic acids is 1. The van der Waals surface area contributed by atoms with Gasteiger partial charge in [0.05, 0.1) is 17.2 Å². The molecule has 1 amide bonds. The van der Waals surface area contributed by atoms with E-state index in [4.69, 9.17) is 5.73 Å². The van der Waals surface area contributed by atoms with E-state index in [9.17, 15) is 14.9 Å². The molecular formula is C14H20N4O3. The molecule has 0 bridgehead atoms. The molecule has 1 aromatic carbocycles. The predicted octanol–water partition coefficient (Wildman–Crippen LogP) is 1.26. The number of aryl methyl sites for hydroxylation is 1. The summed E-state index contributed by atoms with van der Waals surface area (Å²) in [5.41, 5.74) is 7.09. The Balaban J connectivity index is 1.96. The number of amides is 1. The van der Waals surface area contributed by atoms with E-state index in [1.54, 1.807) is 13.0 Å². The van der Waals surface area contributed by atoms with Crippen LogP contribution in [0.5, 0.6) is 0 Å². The van der Waals surface area contributed by atoms with Gasteiger partial charge in [-0.25, -0.2) is 0 Å². The minimum atomic E-state index is -0.471. The summed E-state index contributed by atoms with van der Waals surface area (Å²) < 4.78 is 0. The van der Waals surface area contributed by atoms with Gasteiger partial charge in [0, 0.05) is 31.3 Å². The third kappa shape index (κ3) is 4.24. The summed E-state index contributed by atoms with van der Waals surface area (Å²) in [4.78, 5) is 24.4. The number of likely N-dealkylation sites (tertiary alicyclic amines) is 1. The van der Waals surface area contributed by atoms with Crippen molar-refractivity contribution in [3.63, 3.8) is 0 Å². The van der Waals surface area contributed by atoms with Crippen molar-refractivity contribution in [2.45, 2.75) is 25.8 Å². The number of piperidine rings is 1. The molecule has 3 N–H and O–H groups in total. The number of nitro groups is 1. The maximum atomic E-state index is 12.0. The number of non-ortho nitro benzene ring substituents is 1. The highest BCUT2D eigenvalue weighted by atomic mass is 16.6. The molecule has 1 aliphatic heterocycles. The Morgan fingerprint density at radius 3 is 2.76 bits per heavy atom. The lowest BCUT2D eigenvalue weighted by Gasteiger charge is -2.29. The Bertz CT molecular complexity index is 539. The number of rotatable bonds is 4. The van der Waals surface area contributed by atoms with Crippen LogP contribution in [0, 0.1) is 17.0 Å². The second kappa shape index (κ2) is 6.64. The molecule has 0 spiro atoms. The number of nitro benzene ring substituents is 1. The van der Waals surface area contributed by atoms with Crippen LogP contribution in [0.25, 0.3) is 0 Å². The molecule has 2 rings (SSSR count). The van der Waals surface area contributed by atoms with Crippen LogP contribution in [0.2, 0.25) is 0 Å². The number of nitrogens with one attached hydrogen (secondary N) is 1. The van der Waals surface area contributed by atoms with Gasteiger partial charge in [0.1, 0.15) is 0 Å². The summed E-state index contributed by atoms with van der Waals surface area (Å²) in [5, 5.41) is 13.5. The lowest BCUT2D eigenvalue weighted by atomic mass is 10.1. The highest BCUT2D eigenvalue weighted by Crippen LogP contribution is 2.21. The lowest BCUT2D eigenvalue weighted by Crippen LogP contribution is -2.43. The SMILES string of the molecule is Cc1ccc([N+](=O)[O-])cc1NC(=O)CN1CCC(N)CC1. The second-order valence-electron chi connectivity index (χ2n) is 5.42. The lowest BCUT2D eigenvalue weighted by molar-refractivity contribution is -0.384. The van der Waals surface area contributed by atoms with Crippen molar-refractivity contribution >= 4 is 17.3 Å². The summed E-state index contributed by atoms with van der Waals surface area (Å²) in [5.74, 6) is -0.158. The van der Waals surface area contributed by atoms with Gasteiger partial charge in [-0.15, -0.1) is 0 Å². The summed E-state index contributed by atoms with van der Waals surface area (Å²) in [6, 6.07) is 4.67. The van der Waals surface area contributed by atoms with E-state index in [-0.39, 0.29) is 24.2 Å². The third-order valence-electron chi connectivity index (χ3n) is 3.71. The van der Waals surface area contributed by atoms with Crippen LogP contribution in [0.4, 0.5) is 11.4 Å². The molecule has 1 fully saturated rings. The van der Waals surface area contributed by atoms with Crippen molar-refractivity contribution in [2.75, 3.05) is 25.0 Å². The van der Waals surface area contributed by atoms with Gasteiger partial charge in [0.15, 0.2) is 0 Å². The van der Waals surface area contributed by atoms with Crippen molar-refractivity contribution < 1.29 is 9.72 Å². The zero-order valence-corrected chi connectivity index (χ0v) is 12.0. The minimum absolute atomic E-state index is 0.0279. The van der Waals surface area contributed by atoms with Crippen LogP contribution in [-0.2, 0) is 4.79 Å². The molecular weight excluding hydrogens is 272 g/mol. The number of nitrogens with zero attached hydrogens (tertiary/aromatic N) is 2. The molecule has 0 atom stereocenters. The van der Waals surface area contributed by atoms with E-state index in [0.29, 0.717) is 5.69 Å². The number of hydrogen-bond donors (Lipinski definition) is 2. The van der Waals surface area contributed by atoms with E-state index in [2.05, 4.69) is 5.32 Å². The number of anilines is 1. The average Bonchev–Trinajstić information content (AvgIpc) is 2.43. The first-order valence-corrected chi connectivity index (χ1v) is 6.98. The normalized spacial score (nSPS) is 16.7. The van der Waals surface area contributed by atoms with E-state index in [1.807, 2.05) is 4.90 Å². The van der Waals surface area contributed by atoms with Crippen LogP contribution in [0.15, 0.2) is 18.2 Å². The zero-order valence-electron chi connectivity index (χ0n) is 12.0. The first-order valence-electron chi connectivity index (χ1n) is 6.98. The van der Waals surface area contributed by atoms with Gasteiger partial charge in [-0.1, -0.05) is 6.07 Å². The predicted molar refractivity (Wildman–Crippen MR) is 80.1 cm³/mol. The molecule has 0 saturated carbocycles. The topological polar surface area (TPSA) is 102 Å². The molecule has 0 aromatic heterocycles. The quantitative estimate of drug-likeness (QED) is 0.642. The van der Waals surface area contributed by atoms with Gasteiger partial charge in [-0.2, -0.15) is 0 Å². The van der Waals surface area contributed by atoms with Crippen molar-refractivity contribution in [3.05, 3.63) is 33.9 Å². The Morgan fingerprint density at radius 1 is 1.48 bits per heavy atom. The summed E-state index contributed by atoms with van der Waals surface area (Å²) in [6.45, 7) is 3.71. The highest BCUT2D eigenvalue weighted by Gasteiger charge is 2.19. The molecule has 0 aliphatic carbocycles. The maximum absolute atomic E-state index is 12.0. The fourth-order valence-electron chi connectivity index (χ4n) is 2.36. The van der Waals surface area contributed by atoms with Crippen molar-refractivity contribution in [1.82, 2.24) is 4.90 Å². The molecule has 114 valence electrons. The van der Waals surface area contributed by atoms with E-state index in [1.165, 1.54) is 12.1 Å². The first-order chi connectivity index (χ1) is 9.95. The minimum Gasteiger partial charge on any atom is -0.328 e. The van der Waals surface area contributed by atoms with Crippen LogP contribution < -0.4 is 11.1 Å². The molecule has 1 heterocycles. The van der Waals surface area contributed by atoms with E-state index in [0.717, 1.165) is 31.5 Å². The molecule has 7 heteroatoms. The van der Waals surface area contributed by atoms with Crippen molar-refractivity contribution in [1.29, 1.82) is 0 Å². The monoisotopic (exact) mass is 292 g/mol. The van der Waals surface area contributed by atoms with Gasteiger partial charge in [-0.3, -0.25) is 19.8 Å². The highest BCUT2D eigenvalue weighted by molar-refractivity contribution is 5.93. The van der Waals surface area contributed by atoms with Crippen molar-refractivity contribution in [2.24, 2.45) is 5.73 Å². The van der Waals surface area contributed by atoms with Gasteiger partial charge in [0.2, 0.25) is 5.91 Å². The van der Waals surface area contributed by atoms with Crippen LogP contribution in [0.3, 0.4) is 0 Å². The Morgan fingerprint density at radius 2 is 2.14 bits per heavy atom. The fourth-order valence-corrected chi connectivity index (χ4v) is 2.36. The van der Waals surface area contributed by atoms with E-state index >= 15 is 0 Å². The summed E-state index contributed by atoms with van der Waals surface area (Å²) in [7, 11) is 0. The Kier molecular flexibility index (Phi) is 4.87. The summed E-state index contributed by atoms with van der Waals surface area (Å²) in [6.07, 6.45) is 1.78. The maximum Gasteiger partial charge on any atom is 0.271 e. The molecule has 21 heavy (non-hydrogen) atoms. The largest absolute Gasteiger partial charge is 0.328 e. The second-order valence-corrected chi connectivity index (χ2v) is 5.42. The Labute approximate surface area is 123 Å².